The number of likely N-dealkylation sites (N-methyl/N-ethyl adjacent to an activating group) is 4. The van der Waals surface area contributed by atoms with E-state index in [9.17, 15) is 0 Å². The standard InChI is InChI=1S/C24H61N7P2.C17H42N6P.C10H25N5.BrH.2ClH/c1-13-26(14-2)32(27(15-3)16-4,28(17-5)18-6)25-33(29(19-7)20-8,30(21-9)22-10)31(23-11)24-12;1-9-21(10-2)24(22(11-3)12-4,23(13-5)14-6)18-17-19(7)15-16-20(17)8;1-12(2)9(13(3)4)11-10-14(5)7-8-15(10)6;;;/h25H,13-24H2,1-12H3;17-18H,9-16H2,1-8H3;9-11H,7-8H2,1-6H3;3*1H/q+2;+1;;;;/p-3. The van der Waals surface area contributed by atoms with E-state index in [1.807, 2.05) is 0 Å². The Balaban J connectivity index is -0.000000526. The molecule has 0 bridgehead atoms. The topological polar surface area (TPSA) is 84.7 Å². The van der Waals surface area contributed by atoms with Crippen molar-refractivity contribution in [2.24, 2.45) is 0 Å². The van der Waals surface area contributed by atoms with E-state index in [4.69, 9.17) is 0 Å². The maximum atomic E-state index is 4.67. The zero-order valence-electron chi connectivity index (χ0n) is 54.0. The summed E-state index contributed by atoms with van der Waals surface area (Å²) in [5.41, 5.74) is 0. The molecule has 3 N–H and O–H groups in total. The van der Waals surface area contributed by atoms with Crippen LogP contribution in [0, 0.1) is 0 Å². The molecule has 0 spiro atoms. The monoisotopic (exact) mass is 1230 g/mol. The van der Waals surface area contributed by atoms with Crippen LogP contribution in [0.25, 0.3) is 0 Å². The Morgan fingerprint density at radius 3 is 0.680 bits per heavy atom. The lowest BCUT2D eigenvalue weighted by Crippen LogP contribution is -3.00. The molecule has 0 atom stereocenters. The average Bonchev–Trinajstić information content (AvgIpc) is 3.86. The lowest BCUT2D eigenvalue weighted by Gasteiger charge is -2.51. The number of rotatable bonds is 35. The van der Waals surface area contributed by atoms with Crippen molar-refractivity contribution in [2.75, 3.05) is 200 Å². The molecule has 75 heavy (non-hydrogen) atoms. The molecule has 0 aromatic carbocycles. The molecule has 24 heteroatoms. The summed E-state index contributed by atoms with van der Waals surface area (Å²) in [6.07, 6.45) is 0.901. The normalized spacial score (nSPS) is 16.2. The SMILES string of the molecule is CCN(CC)[P+](NC1N(C)CCN1C)(N(CC)CC)N(CC)CC.CCN(CC)[P+](N[P+](N(CC)CC)(N(CC)CC)N(CC)CC)(N(CC)CC)N(CC)CC.CN(C)C(NC1N(C)CCN1C)N(C)C.[Br-].[Cl-].[Cl-]. The van der Waals surface area contributed by atoms with E-state index in [2.05, 4.69) is 268 Å². The lowest BCUT2D eigenvalue weighted by atomic mass is 10.5. The molecule has 2 heterocycles. The maximum Gasteiger partial charge on any atom is 0.344 e. The van der Waals surface area contributed by atoms with Crippen LogP contribution in [0.5, 0.6) is 0 Å². The predicted molar refractivity (Wildman–Crippen MR) is 326 cm³/mol. The van der Waals surface area contributed by atoms with E-state index in [1.54, 1.807) is 0 Å². The molecule has 18 nitrogen and oxygen atoms in total. The van der Waals surface area contributed by atoms with Crippen molar-refractivity contribution in [3.63, 3.8) is 0 Å². The van der Waals surface area contributed by atoms with Crippen LogP contribution in [0.15, 0.2) is 0 Å². The molecule has 2 saturated heterocycles. The smallest absolute Gasteiger partial charge is 0.344 e. The van der Waals surface area contributed by atoms with E-state index < -0.39 is 23.6 Å². The number of nitrogens with zero attached hydrogens (tertiary/aromatic N) is 15. The Labute approximate surface area is 493 Å². The number of hydrogen-bond donors (Lipinski definition) is 3. The van der Waals surface area contributed by atoms with Crippen molar-refractivity contribution in [2.45, 2.75) is 143 Å². The molecule has 0 unspecified atom stereocenters. The van der Waals surface area contributed by atoms with Gasteiger partial charge in [-0.25, -0.2) is 0 Å². The van der Waals surface area contributed by atoms with Crippen LogP contribution < -0.4 is 57.1 Å². The van der Waals surface area contributed by atoms with Crippen molar-refractivity contribution in [1.29, 1.82) is 0 Å². The number of nitrogens with one attached hydrogen (secondary N) is 3. The van der Waals surface area contributed by atoms with Gasteiger partial charge in [0.1, 0.15) is 12.6 Å². The third-order valence-electron chi connectivity index (χ3n) is 15.2. The summed E-state index contributed by atoms with van der Waals surface area (Å²) in [5, 5.41) is 7.79. The second-order valence-electron chi connectivity index (χ2n) is 19.3. The van der Waals surface area contributed by atoms with E-state index in [0.29, 0.717) is 12.6 Å². The minimum Gasteiger partial charge on any atom is -1.00 e. The van der Waals surface area contributed by atoms with Gasteiger partial charge in [-0.3, -0.25) is 34.7 Å². The van der Waals surface area contributed by atoms with Crippen molar-refractivity contribution < 1.29 is 41.8 Å². The van der Waals surface area contributed by atoms with Crippen LogP contribution >= 0.6 is 23.6 Å². The highest BCUT2D eigenvalue weighted by molar-refractivity contribution is 7.82. The van der Waals surface area contributed by atoms with Gasteiger partial charge < -0.3 is 41.8 Å². The Bertz CT molecular complexity index is 1170. The third kappa shape index (κ3) is 20.7. The van der Waals surface area contributed by atoms with Crippen LogP contribution in [0.1, 0.15) is 125 Å². The van der Waals surface area contributed by atoms with Crippen LogP contribution in [0.2, 0.25) is 0 Å². The first-order valence-electron chi connectivity index (χ1n) is 29.1. The Hall–Kier alpha value is 1.63. The minimum absolute atomic E-state index is 0. The van der Waals surface area contributed by atoms with Crippen molar-refractivity contribution >= 4 is 23.6 Å². The van der Waals surface area contributed by atoms with Gasteiger partial charge in [0.2, 0.25) is 0 Å². The van der Waals surface area contributed by atoms with E-state index >= 15 is 0 Å². The Morgan fingerprint density at radius 1 is 0.333 bits per heavy atom. The molecule has 0 amide bonds. The summed E-state index contributed by atoms with van der Waals surface area (Å²) in [7, 11) is 11.3. The summed E-state index contributed by atoms with van der Waals surface area (Å²) in [5.74, 6) is 0. The summed E-state index contributed by atoms with van der Waals surface area (Å²) >= 11 is 0. The quantitative estimate of drug-likeness (QED) is 0.0513. The third-order valence-corrected chi connectivity index (χ3v) is 30.1. The Morgan fingerprint density at radius 2 is 0.507 bits per heavy atom. The molecular weight excluding hydrogens is 1110 g/mol. The fourth-order valence-corrected chi connectivity index (χ4v) is 27.3. The van der Waals surface area contributed by atoms with E-state index in [-0.39, 0.29) is 48.1 Å². The molecule has 458 valence electrons. The molecule has 2 aliphatic rings. The molecule has 0 aromatic rings. The van der Waals surface area contributed by atoms with Crippen LogP contribution in [0.4, 0.5) is 0 Å². The van der Waals surface area contributed by atoms with Crippen LogP contribution in [-0.2, 0) is 0 Å². The molecule has 0 radical (unpaired) electrons. The fraction of sp³-hybridized carbons (Fsp3) is 1.00. The zero-order chi connectivity index (χ0) is 55.6. The van der Waals surface area contributed by atoms with Gasteiger partial charge in [0, 0.05) is 149 Å². The number of hydrogen-bond acceptors (Lipinski definition) is 18. The van der Waals surface area contributed by atoms with Gasteiger partial charge in [-0.05, 0) is 181 Å². The Kier molecular flexibility index (Phi) is 48.0. The van der Waals surface area contributed by atoms with Crippen LogP contribution in [-0.4, -0.2) is 291 Å². The molecule has 2 fully saturated rings. The van der Waals surface area contributed by atoms with Crippen molar-refractivity contribution in [3.05, 3.63) is 0 Å². The highest BCUT2D eigenvalue weighted by Gasteiger charge is 2.69. The predicted octanol–water partition coefficient (Wildman–Crippen LogP) is -1.42. The van der Waals surface area contributed by atoms with Crippen molar-refractivity contribution in [1.82, 2.24) is 86.7 Å². The first-order valence-corrected chi connectivity index (χ1v) is 34.1. The summed E-state index contributed by atoms with van der Waals surface area (Å²) < 4.78 is 24.7. The number of halogens is 3. The maximum absolute atomic E-state index is 4.67. The fourth-order valence-electron chi connectivity index (χ4n) is 11.3. The lowest BCUT2D eigenvalue weighted by molar-refractivity contribution is -0.00100. The summed E-state index contributed by atoms with van der Waals surface area (Å²) in [6.45, 7) is 65.6. The van der Waals surface area contributed by atoms with Gasteiger partial charge in [-0.1, -0.05) is 0 Å². The molecule has 0 aromatic heterocycles. The first kappa shape index (κ1) is 83.1. The largest absolute Gasteiger partial charge is 1.00 e. The first-order chi connectivity index (χ1) is 34.2. The minimum atomic E-state index is -2.01. The van der Waals surface area contributed by atoms with E-state index in [1.165, 1.54) is 0 Å². The van der Waals surface area contributed by atoms with Gasteiger partial charge in [0.05, 0.1) is 0 Å². The highest BCUT2D eigenvalue weighted by Crippen LogP contribution is 2.76. The molecule has 2 aliphatic heterocycles. The zero-order valence-corrected chi connectivity index (χ0v) is 59.8. The molecule has 0 aliphatic carbocycles. The molecule has 2 rings (SSSR count). The van der Waals surface area contributed by atoms with Crippen molar-refractivity contribution in [3.8, 4) is 0 Å². The van der Waals surface area contributed by atoms with Gasteiger partial charge in [0.25, 0.3) is 0 Å². The molecule has 0 saturated carbocycles. The second kappa shape index (κ2) is 43.3. The average molecular weight is 1240 g/mol. The highest BCUT2D eigenvalue weighted by atomic mass is 79.9. The van der Waals surface area contributed by atoms with Gasteiger partial charge in [-0.2, -0.15) is 0 Å². The van der Waals surface area contributed by atoms with E-state index in [0.717, 1.165) is 144 Å². The van der Waals surface area contributed by atoms with Crippen LogP contribution in [0.3, 0.4) is 0 Å². The summed E-state index contributed by atoms with van der Waals surface area (Å²) in [4.78, 5) is 18.6. The van der Waals surface area contributed by atoms with Gasteiger partial charge in [0.15, 0.2) is 6.29 Å². The molecular formula is C51H128BrCl2N18P3. The second-order valence-corrected chi connectivity index (χ2v) is 28.9. The summed E-state index contributed by atoms with van der Waals surface area (Å²) in [6, 6.07) is 0. The van der Waals surface area contributed by atoms with Gasteiger partial charge in [-0.15, -0.1) is 47.1 Å². The van der Waals surface area contributed by atoms with Gasteiger partial charge >= 0.3 is 23.6 Å².